The zero-order valence-corrected chi connectivity index (χ0v) is 21.7. The van der Waals surface area contributed by atoms with Gasteiger partial charge in [0.25, 0.3) is 5.91 Å². The number of nitrogens with zero attached hydrogens (tertiary/aromatic N) is 3. The lowest BCUT2D eigenvalue weighted by Gasteiger charge is -2.36. The van der Waals surface area contributed by atoms with Crippen LogP contribution in [0.1, 0.15) is 16.8 Å². The smallest absolute Gasteiger partial charge is 0.335 e. The van der Waals surface area contributed by atoms with E-state index in [2.05, 4.69) is 26.1 Å². The molecule has 0 saturated carbocycles. The monoisotopic (exact) mass is 526 g/mol. The van der Waals surface area contributed by atoms with Gasteiger partial charge in [-0.3, -0.25) is 19.8 Å². The van der Waals surface area contributed by atoms with Gasteiger partial charge >= 0.3 is 5.97 Å². The van der Waals surface area contributed by atoms with Gasteiger partial charge in [-0.2, -0.15) is 0 Å². The number of nitrogens with one attached hydrogen (secondary N) is 2. The summed E-state index contributed by atoms with van der Waals surface area (Å²) in [6.45, 7) is 4.43. The van der Waals surface area contributed by atoms with E-state index in [1.54, 1.807) is 41.1 Å². The minimum Gasteiger partial charge on any atom is -0.478 e. The minimum absolute atomic E-state index is 0.0709. The number of piperazine rings is 1. The van der Waals surface area contributed by atoms with Crippen molar-refractivity contribution < 1.29 is 19.5 Å². The van der Waals surface area contributed by atoms with Crippen LogP contribution in [0.3, 0.4) is 0 Å². The van der Waals surface area contributed by atoms with E-state index in [1.807, 2.05) is 18.2 Å². The molecule has 2 amide bonds. The molecular formula is C26H34N6O4S. The van der Waals surface area contributed by atoms with E-state index in [0.717, 1.165) is 26.2 Å². The zero-order chi connectivity index (χ0) is 26.4. The molecule has 37 heavy (non-hydrogen) atoms. The van der Waals surface area contributed by atoms with Crippen molar-refractivity contribution in [3.8, 4) is 0 Å². The molecule has 2 saturated heterocycles. The summed E-state index contributed by atoms with van der Waals surface area (Å²) in [4.78, 5) is 42.3. The summed E-state index contributed by atoms with van der Waals surface area (Å²) in [5, 5.41) is 15.1. The largest absolute Gasteiger partial charge is 0.478 e. The lowest BCUT2D eigenvalue weighted by molar-refractivity contribution is -0.133. The summed E-state index contributed by atoms with van der Waals surface area (Å²) in [5.74, 6) is -1.50. The summed E-state index contributed by atoms with van der Waals surface area (Å²) in [5.41, 5.74) is 6.73. The van der Waals surface area contributed by atoms with Crippen molar-refractivity contribution in [2.45, 2.75) is 24.5 Å². The predicted molar refractivity (Wildman–Crippen MR) is 145 cm³/mol. The Kier molecular flexibility index (Phi) is 9.17. The van der Waals surface area contributed by atoms with Crippen LogP contribution in [0.4, 0.5) is 5.69 Å². The van der Waals surface area contributed by atoms with E-state index in [9.17, 15) is 14.4 Å². The maximum Gasteiger partial charge on any atom is 0.335 e. The Hall–Kier alpha value is -2.96. The maximum absolute atomic E-state index is 13.7. The molecular weight excluding hydrogens is 492 g/mol. The number of aromatic carboxylic acids is 1. The van der Waals surface area contributed by atoms with Crippen LogP contribution in [0.2, 0.25) is 0 Å². The average molecular weight is 527 g/mol. The number of hydrogen-bond acceptors (Lipinski definition) is 8. The van der Waals surface area contributed by atoms with Gasteiger partial charge in [-0.05, 0) is 43.0 Å². The number of allylic oxidation sites excluding steroid dienone is 2. The first kappa shape index (κ1) is 27.1. The van der Waals surface area contributed by atoms with Crippen molar-refractivity contribution in [3.63, 3.8) is 0 Å². The first-order chi connectivity index (χ1) is 17.9. The molecule has 4 rings (SSSR count). The lowest BCUT2D eigenvalue weighted by Crippen LogP contribution is -2.49. The van der Waals surface area contributed by atoms with Crippen LogP contribution in [0, 0.1) is 0 Å². The standard InChI is InChI=1S/C26H34N6O4S/c1-37-31-13-11-30(12-14-31)22-15-23(24(33)29-21-9-6-19(7-10-21)26(35)36)32(16-22)25(34)18-3-2-4-20(8-5-18)28-17-27/h2-10,20,22-23,28H,11-17,27H2,1H3,(H,29,33)(H,35,36). The molecule has 198 valence electrons. The highest BCUT2D eigenvalue weighted by molar-refractivity contribution is 7.96. The Balaban J connectivity index is 1.52. The van der Waals surface area contributed by atoms with Crippen molar-refractivity contribution in [3.05, 3.63) is 65.8 Å². The molecule has 0 spiro atoms. The third kappa shape index (κ3) is 6.68. The number of carbonyl (C=O) groups excluding carboxylic acids is 2. The Morgan fingerprint density at radius 1 is 1.11 bits per heavy atom. The fourth-order valence-electron chi connectivity index (χ4n) is 4.91. The SMILES string of the molecule is CSN1CCN(C2CC(C(=O)Nc3ccc(C(=O)O)cc3)N(C(=O)C3=CC=CC(NCN)C=C3)C2)CC1. The maximum atomic E-state index is 13.7. The van der Waals surface area contributed by atoms with Crippen molar-refractivity contribution in [1.82, 2.24) is 19.4 Å². The van der Waals surface area contributed by atoms with Gasteiger partial charge in [-0.1, -0.05) is 36.3 Å². The highest BCUT2D eigenvalue weighted by Crippen LogP contribution is 2.27. The number of likely N-dealkylation sites (tertiary alicyclic amines) is 1. The minimum atomic E-state index is -1.03. The summed E-state index contributed by atoms with van der Waals surface area (Å²) in [6, 6.07) is 5.39. The molecule has 11 heteroatoms. The van der Waals surface area contributed by atoms with Gasteiger partial charge in [0.2, 0.25) is 5.91 Å². The number of carbonyl (C=O) groups is 3. The molecule has 2 fully saturated rings. The number of hydrogen-bond donors (Lipinski definition) is 4. The summed E-state index contributed by atoms with van der Waals surface area (Å²) < 4.78 is 2.32. The number of carboxylic acid groups (broad SMARTS) is 1. The molecule has 2 aliphatic heterocycles. The van der Waals surface area contributed by atoms with E-state index in [1.165, 1.54) is 12.1 Å². The molecule has 3 atom stereocenters. The molecule has 3 aliphatic rings. The molecule has 1 aromatic carbocycles. The first-order valence-corrected chi connectivity index (χ1v) is 13.6. The normalized spacial score (nSPS) is 24.5. The van der Waals surface area contributed by atoms with E-state index < -0.39 is 12.0 Å². The number of nitrogens with two attached hydrogens (primary N) is 1. The zero-order valence-electron chi connectivity index (χ0n) is 20.9. The van der Waals surface area contributed by atoms with Crippen LogP contribution in [0.25, 0.3) is 0 Å². The average Bonchev–Trinajstić information content (AvgIpc) is 3.23. The third-order valence-electron chi connectivity index (χ3n) is 6.97. The van der Waals surface area contributed by atoms with Crippen LogP contribution in [-0.4, -0.2) is 101 Å². The second-order valence-electron chi connectivity index (χ2n) is 9.18. The second-order valence-corrected chi connectivity index (χ2v) is 10.1. The van der Waals surface area contributed by atoms with E-state index in [-0.39, 0.29) is 29.5 Å². The van der Waals surface area contributed by atoms with Gasteiger partial charge in [0, 0.05) is 62.7 Å². The van der Waals surface area contributed by atoms with Crippen LogP contribution in [0.5, 0.6) is 0 Å². The Bertz CT molecular complexity index is 1080. The Labute approximate surface area is 221 Å². The summed E-state index contributed by atoms with van der Waals surface area (Å²) >= 11 is 1.74. The molecule has 2 heterocycles. The molecule has 0 bridgehead atoms. The van der Waals surface area contributed by atoms with Crippen LogP contribution >= 0.6 is 11.9 Å². The van der Waals surface area contributed by atoms with Crippen LogP contribution < -0.4 is 16.4 Å². The highest BCUT2D eigenvalue weighted by atomic mass is 32.2. The number of amides is 2. The third-order valence-corrected chi connectivity index (χ3v) is 7.85. The molecule has 0 aromatic heterocycles. The van der Waals surface area contributed by atoms with Gasteiger partial charge < -0.3 is 21.1 Å². The van der Waals surface area contributed by atoms with Crippen LogP contribution in [0.15, 0.2) is 60.2 Å². The van der Waals surface area contributed by atoms with E-state index >= 15 is 0 Å². The number of rotatable bonds is 8. The van der Waals surface area contributed by atoms with E-state index in [4.69, 9.17) is 10.8 Å². The molecule has 10 nitrogen and oxygen atoms in total. The molecule has 1 aliphatic carbocycles. The van der Waals surface area contributed by atoms with Gasteiger partial charge in [0.1, 0.15) is 6.04 Å². The van der Waals surface area contributed by atoms with Crippen molar-refractivity contribution >= 4 is 35.4 Å². The van der Waals surface area contributed by atoms with E-state index in [0.29, 0.717) is 30.9 Å². The van der Waals surface area contributed by atoms with Gasteiger partial charge in [0.05, 0.1) is 5.56 Å². The number of benzene rings is 1. The molecule has 0 radical (unpaired) electrons. The molecule has 1 aromatic rings. The first-order valence-electron chi connectivity index (χ1n) is 12.4. The lowest BCUT2D eigenvalue weighted by atomic mass is 10.1. The molecule has 5 N–H and O–H groups in total. The fraction of sp³-hybridized carbons (Fsp3) is 0.423. The Morgan fingerprint density at radius 3 is 2.49 bits per heavy atom. The van der Waals surface area contributed by atoms with Crippen molar-refractivity contribution in [2.75, 3.05) is 51.0 Å². The Morgan fingerprint density at radius 2 is 1.84 bits per heavy atom. The topological polar surface area (TPSA) is 131 Å². The van der Waals surface area contributed by atoms with Gasteiger partial charge in [0.15, 0.2) is 0 Å². The fourth-order valence-corrected chi connectivity index (χ4v) is 5.44. The number of anilines is 1. The summed E-state index contributed by atoms with van der Waals surface area (Å²) in [6.07, 6.45) is 11.8. The van der Waals surface area contributed by atoms with Crippen molar-refractivity contribution in [2.24, 2.45) is 5.73 Å². The van der Waals surface area contributed by atoms with Crippen LogP contribution in [-0.2, 0) is 9.59 Å². The quantitative estimate of drug-likeness (QED) is 0.291. The van der Waals surface area contributed by atoms with Gasteiger partial charge in [-0.15, -0.1) is 0 Å². The predicted octanol–water partition coefficient (Wildman–Crippen LogP) is 1.12. The molecule has 3 unspecified atom stereocenters. The second kappa shape index (κ2) is 12.5. The van der Waals surface area contributed by atoms with Crippen molar-refractivity contribution in [1.29, 1.82) is 0 Å². The highest BCUT2D eigenvalue weighted by Gasteiger charge is 2.42. The van der Waals surface area contributed by atoms with Gasteiger partial charge in [-0.25, -0.2) is 9.10 Å². The number of carboxylic acids is 1. The summed E-state index contributed by atoms with van der Waals surface area (Å²) in [7, 11) is 0.